The van der Waals surface area contributed by atoms with Crippen LogP contribution in [0.1, 0.15) is 5.56 Å². The number of ether oxygens (including phenoxy) is 1. The van der Waals surface area contributed by atoms with Crippen LogP contribution in [0.25, 0.3) is 22.8 Å². The Morgan fingerprint density at radius 2 is 1.96 bits per heavy atom. The van der Waals surface area contributed by atoms with Crippen LogP contribution in [-0.2, 0) is 11.2 Å². The van der Waals surface area contributed by atoms with E-state index in [1.807, 2.05) is 30.3 Å². The second kappa shape index (κ2) is 7.67. The number of benzene rings is 2. The number of halogens is 1. The van der Waals surface area contributed by atoms with E-state index in [1.165, 1.54) is 0 Å². The van der Waals surface area contributed by atoms with Crippen LogP contribution in [0.5, 0.6) is 5.75 Å². The quantitative estimate of drug-likeness (QED) is 0.633. The van der Waals surface area contributed by atoms with E-state index >= 15 is 0 Å². The van der Waals surface area contributed by atoms with Crippen molar-refractivity contribution >= 4 is 21.9 Å². The molecule has 0 amide bonds. The van der Waals surface area contributed by atoms with E-state index < -0.39 is 12.0 Å². The molecule has 0 aliphatic carbocycles. The molecule has 7 nitrogen and oxygen atoms in total. The lowest BCUT2D eigenvalue weighted by molar-refractivity contribution is -0.138. The van der Waals surface area contributed by atoms with Crippen molar-refractivity contribution in [3.63, 3.8) is 0 Å². The number of aliphatic carboxylic acids is 1. The monoisotopic (exact) mass is 417 g/mol. The van der Waals surface area contributed by atoms with Crippen LogP contribution < -0.4 is 10.5 Å². The minimum Gasteiger partial charge on any atom is -0.496 e. The third-order valence-corrected chi connectivity index (χ3v) is 4.43. The fourth-order valence-corrected chi connectivity index (χ4v) is 2.93. The highest BCUT2D eigenvalue weighted by Crippen LogP contribution is 2.30. The largest absolute Gasteiger partial charge is 0.496 e. The van der Waals surface area contributed by atoms with Crippen molar-refractivity contribution < 1.29 is 19.2 Å². The number of nitrogens with zero attached hydrogens (tertiary/aromatic N) is 2. The van der Waals surface area contributed by atoms with E-state index in [0.717, 1.165) is 21.2 Å². The van der Waals surface area contributed by atoms with Crippen LogP contribution in [0.3, 0.4) is 0 Å². The second-order valence-electron chi connectivity index (χ2n) is 5.62. The molecule has 0 spiro atoms. The lowest BCUT2D eigenvalue weighted by Gasteiger charge is -2.06. The number of rotatable bonds is 6. The summed E-state index contributed by atoms with van der Waals surface area (Å²) in [6.45, 7) is 0. The molecule has 3 N–H and O–H groups in total. The van der Waals surface area contributed by atoms with Gasteiger partial charge < -0.3 is 20.1 Å². The molecule has 0 radical (unpaired) electrons. The first-order valence-electron chi connectivity index (χ1n) is 7.73. The highest BCUT2D eigenvalue weighted by Gasteiger charge is 2.14. The summed E-state index contributed by atoms with van der Waals surface area (Å²) in [4.78, 5) is 15.2. The van der Waals surface area contributed by atoms with Gasteiger partial charge in [0.2, 0.25) is 5.82 Å². The van der Waals surface area contributed by atoms with Crippen LogP contribution in [0.4, 0.5) is 0 Å². The summed E-state index contributed by atoms with van der Waals surface area (Å²) >= 11 is 3.43. The van der Waals surface area contributed by atoms with Crippen LogP contribution >= 0.6 is 15.9 Å². The Morgan fingerprint density at radius 3 is 2.58 bits per heavy atom. The van der Waals surface area contributed by atoms with E-state index in [2.05, 4.69) is 26.1 Å². The molecule has 3 aromatic rings. The van der Waals surface area contributed by atoms with E-state index in [-0.39, 0.29) is 6.42 Å². The van der Waals surface area contributed by atoms with Crippen molar-refractivity contribution in [1.29, 1.82) is 0 Å². The lowest BCUT2D eigenvalue weighted by atomic mass is 10.0. The average Bonchev–Trinajstić information content (AvgIpc) is 3.12. The van der Waals surface area contributed by atoms with E-state index in [4.69, 9.17) is 20.1 Å². The first kappa shape index (κ1) is 18.1. The summed E-state index contributed by atoms with van der Waals surface area (Å²) < 4.78 is 11.3. The van der Waals surface area contributed by atoms with Crippen LogP contribution in [0.2, 0.25) is 0 Å². The van der Waals surface area contributed by atoms with Crippen molar-refractivity contribution in [3.05, 3.63) is 52.5 Å². The highest BCUT2D eigenvalue weighted by atomic mass is 79.9. The zero-order valence-electron chi connectivity index (χ0n) is 13.8. The van der Waals surface area contributed by atoms with E-state index in [1.54, 1.807) is 19.2 Å². The first-order valence-corrected chi connectivity index (χ1v) is 8.52. The molecule has 2 aromatic carbocycles. The Hall–Kier alpha value is -2.71. The molecule has 3 rings (SSSR count). The predicted molar refractivity (Wildman–Crippen MR) is 98.7 cm³/mol. The fraction of sp³-hybridized carbons (Fsp3) is 0.167. The lowest BCUT2D eigenvalue weighted by Crippen LogP contribution is -2.32. The fourth-order valence-electron chi connectivity index (χ4n) is 2.39. The topological polar surface area (TPSA) is 111 Å². The van der Waals surface area contributed by atoms with Gasteiger partial charge in [0.05, 0.1) is 11.6 Å². The van der Waals surface area contributed by atoms with Crippen LogP contribution in [-0.4, -0.2) is 34.4 Å². The number of aromatic nitrogens is 2. The SMILES string of the molecule is COc1ccc(-c2nc(-c3ccc(C[C@H](N)C(=O)O)cc3)no2)cc1Br. The van der Waals surface area contributed by atoms with Gasteiger partial charge in [-0.25, -0.2) is 0 Å². The number of methoxy groups -OCH3 is 1. The van der Waals surface area contributed by atoms with E-state index in [0.29, 0.717) is 17.5 Å². The summed E-state index contributed by atoms with van der Waals surface area (Å²) in [5.41, 5.74) is 7.90. The Kier molecular flexibility index (Phi) is 5.34. The Bertz CT molecular complexity index is 924. The predicted octanol–water partition coefficient (Wildman–Crippen LogP) is 3.13. The van der Waals surface area contributed by atoms with Gasteiger partial charge in [-0.2, -0.15) is 4.98 Å². The van der Waals surface area contributed by atoms with E-state index in [9.17, 15) is 4.79 Å². The Morgan fingerprint density at radius 1 is 1.27 bits per heavy atom. The van der Waals surface area contributed by atoms with Gasteiger partial charge in [-0.3, -0.25) is 4.79 Å². The number of carboxylic acid groups (broad SMARTS) is 1. The number of nitrogens with two attached hydrogens (primary N) is 1. The van der Waals surface area contributed by atoms with Crippen molar-refractivity contribution in [2.24, 2.45) is 5.73 Å². The zero-order chi connectivity index (χ0) is 18.7. The smallest absolute Gasteiger partial charge is 0.320 e. The summed E-state index contributed by atoms with van der Waals surface area (Å²) in [6, 6.07) is 11.8. The van der Waals surface area contributed by atoms with Crippen LogP contribution in [0.15, 0.2) is 51.5 Å². The van der Waals surface area contributed by atoms with Gasteiger partial charge in [-0.1, -0.05) is 29.4 Å². The van der Waals surface area contributed by atoms with Crippen LogP contribution in [0, 0.1) is 0 Å². The molecular formula is C18H16BrN3O4. The molecule has 1 heterocycles. The maximum absolute atomic E-state index is 10.8. The van der Waals surface area contributed by atoms with Gasteiger partial charge in [-0.05, 0) is 46.1 Å². The molecule has 0 saturated heterocycles. The second-order valence-corrected chi connectivity index (χ2v) is 6.47. The molecule has 1 atom stereocenters. The van der Waals surface area contributed by atoms with Crippen molar-refractivity contribution in [3.8, 4) is 28.6 Å². The number of hydrogen-bond acceptors (Lipinski definition) is 6. The van der Waals surface area contributed by atoms with Gasteiger partial charge in [0.25, 0.3) is 5.89 Å². The van der Waals surface area contributed by atoms with Crippen molar-refractivity contribution in [2.45, 2.75) is 12.5 Å². The highest BCUT2D eigenvalue weighted by molar-refractivity contribution is 9.10. The minimum atomic E-state index is -1.03. The average molecular weight is 418 g/mol. The Balaban J connectivity index is 1.79. The molecular weight excluding hydrogens is 402 g/mol. The third-order valence-electron chi connectivity index (χ3n) is 3.81. The third kappa shape index (κ3) is 3.92. The number of hydrogen-bond donors (Lipinski definition) is 2. The zero-order valence-corrected chi connectivity index (χ0v) is 15.4. The molecule has 0 aliphatic heterocycles. The standard InChI is InChI=1S/C18H16BrN3O4/c1-25-15-7-6-12(9-13(15)19)17-21-16(22-26-17)11-4-2-10(3-5-11)8-14(20)18(23)24/h2-7,9,14H,8,20H2,1H3,(H,23,24)/t14-/m0/s1. The molecule has 0 aliphatic rings. The maximum Gasteiger partial charge on any atom is 0.320 e. The van der Waals surface area contributed by atoms with Crippen molar-refractivity contribution in [2.75, 3.05) is 7.11 Å². The van der Waals surface area contributed by atoms with Gasteiger partial charge in [0.1, 0.15) is 11.8 Å². The molecule has 0 unspecified atom stereocenters. The summed E-state index contributed by atoms with van der Waals surface area (Å²) in [5, 5.41) is 12.9. The molecule has 26 heavy (non-hydrogen) atoms. The van der Waals surface area contributed by atoms with Gasteiger partial charge >= 0.3 is 5.97 Å². The normalized spacial score (nSPS) is 12.0. The van der Waals surface area contributed by atoms with Gasteiger partial charge in [0.15, 0.2) is 0 Å². The number of carboxylic acids is 1. The summed E-state index contributed by atoms with van der Waals surface area (Å²) in [7, 11) is 1.59. The minimum absolute atomic E-state index is 0.257. The molecule has 0 bridgehead atoms. The maximum atomic E-state index is 10.8. The number of carbonyl (C=O) groups is 1. The molecule has 134 valence electrons. The molecule has 1 aromatic heterocycles. The first-order chi connectivity index (χ1) is 12.5. The van der Waals surface area contributed by atoms with Crippen molar-refractivity contribution in [1.82, 2.24) is 10.1 Å². The summed E-state index contributed by atoms with van der Waals surface area (Å²) in [6.07, 6.45) is 0.257. The molecule has 8 heteroatoms. The van der Waals surface area contributed by atoms with Gasteiger partial charge in [0, 0.05) is 11.1 Å². The summed E-state index contributed by atoms with van der Waals surface area (Å²) in [5.74, 6) is 0.521. The van der Waals surface area contributed by atoms with Gasteiger partial charge in [-0.15, -0.1) is 0 Å². The molecule has 0 saturated carbocycles. The molecule has 0 fully saturated rings. The Labute approximate surface area is 157 Å².